The van der Waals surface area contributed by atoms with Crippen LogP contribution in [0, 0.1) is 0 Å². The standard InChI is InChI=1S/C18H17Cl2N3O2/c1-2-25-12-11-22-18(24)23(16-9-7-15(20)8-10-16)17(21-22)13-3-5-14(19)6-4-13/h3-10H,2,11-12H2,1H3. The highest BCUT2D eigenvalue weighted by Crippen LogP contribution is 2.22. The Hall–Kier alpha value is -2.08. The molecular weight excluding hydrogens is 361 g/mol. The minimum absolute atomic E-state index is 0.230. The van der Waals surface area contributed by atoms with Crippen LogP contribution in [0.5, 0.6) is 0 Å². The summed E-state index contributed by atoms with van der Waals surface area (Å²) < 4.78 is 8.31. The Kier molecular flexibility index (Phi) is 5.58. The molecule has 0 aliphatic heterocycles. The van der Waals surface area contributed by atoms with E-state index in [1.54, 1.807) is 41.0 Å². The third-order valence-electron chi connectivity index (χ3n) is 3.68. The molecule has 0 aliphatic rings. The second-order valence-corrected chi connectivity index (χ2v) is 6.22. The third-order valence-corrected chi connectivity index (χ3v) is 4.18. The molecule has 1 aromatic heterocycles. The summed E-state index contributed by atoms with van der Waals surface area (Å²) in [4.78, 5) is 12.9. The fraction of sp³-hybridized carbons (Fsp3) is 0.222. The normalized spacial score (nSPS) is 11.0. The number of hydrogen-bond acceptors (Lipinski definition) is 3. The van der Waals surface area contributed by atoms with Gasteiger partial charge in [-0.15, -0.1) is 5.10 Å². The van der Waals surface area contributed by atoms with E-state index >= 15 is 0 Å². The zero-order valence-corrected chi connectivity index (χ0v) is 15.2. The molecule has 2 aromatic carbocycles. The van der Waals surface area contributed by atoms with E-state index in [1.807, 2.05) is 19.1 Å². The lowest BCUT2D eigenvalue weighted by molar-refractivity contribution is 0.135. The molecule has 0 unspecified atom stereocenters. The summed E-state index contributed by atoms with van der Waals surface area (Å²) in [6.45, 7) is 3.31. The van der Waals surface area contributed by atoms with Gasteiger partial charge in [-0.25, -0.2) is 14.0 Å². The lowest BCUT2D eigenvalue weighted by Gasteiger charge is -2.06. The molecule has 130 valence electrons. The van der Waals surface area contributed by atoms with E-state index in [0.717, 1.165) is 5.56 Å². The lowest BCUT2D eigenvalue weighted by Crippen LogP contribution is -2.25. The zero-order valence-electron chi connectivity index (χ0n) is 13.7. The van der Waals surface area contributed by atoms with Crippen LogP contribution in [-0.2, 0) is 11.3 Å². The molecule has 0 atom stereocenters. The average molecular weight is 378 g/mol. The van der Waals surface area contributed by atoms with Crippen molar-refractivity contribution in [2.45, 2.75) is 13.5 Å². The first kappa shape index (κ1) is 17.7. The monoisotopic (exact) mass is 377 g/mol. The molecule has 0 saturated carbocycles. The molecule has 0 spiro atoms. The van der Waals surface area contributed by atoms with Gasteiger partial charge in [0.2, 0.25) is 0 Å². The van der Waals surface area contributed by atoms with E-state index in [4.69, 9.17) is 27.9 Å². The van der Waals surface area contributed by atoms with Crippen LogP contribution in [0.15, 0.2) is 53.3 Å². The Morgan fingerprint density at radius 2 is 1.60 bits per heavy atom. The van der Waals surface area contributed by atoms with Gasteiger partial charge in [-0.3, -0.25) is 0 Å². The first-order valence-corrected chi connectivity index (χ1v) is 8.65. The Labute approximate surface area is 155 Å². The molecule has 7 heteroatoms. The van der Waals surface area contributed by atoms with Gasteiger partial charge in [0, 0.05) is 22.2 Å². The molecule has 0 saturated heterocycles. The number of ether oxygens (including phenoxy) is 1. The first-order chi connectivity index (χ1) is 12.1. The lowest BCUT2D eigenvalue weighted by atomic mass is 10.2. The Bertz CT molecular complexity index is 900. The average Bonchev–Trinajstić information content (AvgIpc) is 2.93. The molecule has 0 radical (unpaired) electrons. The van der Waals surface area contributed by atoms with Crippen molar-refractivity contribution in [3.63, 3.8) is 0 Å². The summed E-state index contributed by atoms with van der Waals surface area (Å²) in [5, 5.41) is 5.72. The van der Waals surface area contributed by atoms with E-state index in [9.17, 15) is 4.79 Å². The van der Waals surface area contributed by atoms with E-state index in [-0.39, 0.29) is 5.69 Å². The second-order valence-electron chi connectivity index (χ2n) is 5.34. The fourth-order valence-corrected chi connectivity index (χ4v) is 2.71. The quantitative estimate of drug-likeness (QED) is 0.609. The highest BCUT2D eigenvalue weighted by atomic mass is 35.5. The van der Waals surface area contributed by atoms with Gasteiger partial charge >= 0.3 is 5.69 Å². The van der Waals surface area contributed by atoms with Gasteiger partial charge in [-0.05, 0) is 55.5 Å². The van der Waals surface area contributed by atoms with Crippen LogP contribution < -0.4 is 5.69 Å². The molecule has 0 aliphatic carbocycles. The molecular formula is C18H17Cl2N3O2. The van der Waals surface area contributed by atoms with Crippen LogP contribution in [0.4, 0.5) is 0 Å². The smallest absolute Gasteiger partial charge is 0.350 e. The van der Waals surface area contributed by atoms with Crippen molar-refractivity contribution in [3.8, 4) is 17.1 Å². The molecule has 0 N–H and O–H groups in total. The van der Waals surface area contributed by atoms with Crippen molar-refractivity contribution in [1.82, 2.24) is 14.3 Å². The fourth-order valence-electron chi connectivity index (χ4n) is 2.46. The van der Waals surface area contributed by atoms with Crippen molar-refractivity contribution in [2.24, 2.45) is 0 Å². The molecule has 3 rings (SSSR count). The maximum Gasteiger partial charge on any atom is 0.350 e. The van der Waals surface area contributed by atoms with Crippen LogP contribution in [0.2, 0.25) is 10.0 Å². The molecule has 0 bridgehead atoms. The zero-order chi connectivity index (χ0) is 17.8. The molecule has 3 aromatic rings. The maximum atomic E-state index is 12.9. The Morgan fingerprint density at radius 1 is 1.00 bits per heavy atom. The largest absolute Gasteiger partial charge is 0.380 e. The summed E-state index contributed by atoms with van der Waals surface area (Å²) in [6.07, 6.45) is 0. The molecule has 1 heterocycles. The van der Waals surface area contributed by atoms with Gasteiger partial charge in [-0.2, -0.15) is 0 Å². The predicted molar refractivity (Wildman–Crippen MR) is 99.8 cm³/mol. The van der Waals surface area contributed by atoms with Crippen molar-refractivity contribution in [2.75, 3.05) is 13.2 Å². The minimum atomic E-state index is -0.230. The summed E-state index contributed by atoms with van der Waals surface area (Å²) in [7, 11) is 0. The number of rotatable bonds is 6. The van der Waals surface area contributed by atoms with Gasteiger partial charge in [0.25, 0.3) is 0 Å². The number of hydrogen-bond donors (Lipinski definition) is 0. The summed E-state index contributed by atoms with van der Waals surface area (Å²) >= 11 is 11.9. The summed E-state index contributed by atoms with van der Waals surface area (Å²) in [6, 6.07) is 14.3. The number of benzene rings is 2. The van der Waals surface area contributed by atoms with Crippen molar-refractivity contribution in [3.05, 3.63) is 69.1 Å². The van der Waals surface area contributed by atoms with Crippen molar-refractivity contribution < 1.29 is 4.74 Å². The Balaban J connectivity index is 2.11. The van der Waals surface area contributed by atoms with Gasteiger partial charge in [0.15, 0.2) is 5.82 Å². The molecule has 0 amide bonds. The van der Waals surface area contributed by atoms with Crippen LogP contribution in [0.25, 0.3) is 17.1 Å². The third kappa shape index (κ3) is 3.95. The number of aromatic nitrogens is 3. The molecule has 25 heavy (non-hydrogen) atoms. The van der Waals surface area contributed by atoms with E-state index in [1.165, 1.54) is 4.68 Å². The van der Waals surface area contributed by atoms with E-state index in [2.05, 4.69) is 5.10 Å². The molecule has 5 nitrogen and oxygen atoms in total. The van der Waals surface area contributed by atoms with E-state index < -0.39 is 0 Å². The first-order valence-electron chi connectivity index (χ1n) is 7.89. The van der Waals surface area contributed by atoms with Crippen molar-refractivity contribution >= 4 is 23.2 Å². The topological polar surface area (TPSA) is 49.0 Å². The van der Waals surface area contributed by atoms with Gasteiger partial charge in [-0.1, -0.05) is 23.2 Å². The molecule has 0 fully saturated rings. The SMILES string of the molecule is CCOCCn1nc(-c2ccc(Cl)cc2)n(-c2ccc(Cl)cc2)c1=O. The van der Waals surface area contributed by atoms with Crippen LogP contribution in [0.1, 0.15) is 6.92 Å². The predicted octanol–water partition coefficient (Wildman–Crippen LogP) is 4.04. The van der Waals surface area contributed by atoms with Crippen LogP contribution in [0.3, 0.4) is 0 Å². The van der Waals surface area contributed by atoms with Gasteiger partial charge in [0.05, 0.1) is 18.8 Å². The summed E-state index contributed by atoms with van der Waals surface area (Å²) in [5.41, 5.74) is 1.26. The number of halogens is 2. The maximum absolute atomic E-state index is 12.9. The Morgan fingerprint density at radius 3 is 2.20 bits per heavy atom. The highest BCUT2D eigenvalue weighted by Gasteiger charge is 2.16. The second kappa shape index (κ2) is 7.87. The van der Waals surface area contributed by atoms with Crippen molar-refractivity contribution in [1.29, 1.82) is 0 Å². The summed E-state index contributed by atoms with van der Waals surface area (Å²) in [5.74, 6) is 0.542. The van der Waals surface area contributed by atoms with Crippen LogP contribution >= 0.6 is 23.2 Å². The van der Waals surface area contributed by atoms with Crippen LogP contribution in [-0.4, -0.2) is 27.6 Å². The van der Waals surface area contributed by atoms with Gasteiger partial charge in [0.1, 0.15) is 0 Å². The van der Waals surface area contributed by atoms with Gasteiger partial charge < -0.3 is 4.74 Å². The van der Waals surface area contributed by atoms with E-state index in [0.29, 0.717) is 41.3 Å². The number of nitrogens with zero attached hydrogens (tertiary/aromatic N) is 3. The highest BCUT2D eigenvalue weighted by molar-refractivity contribution is 6.30. The minimum Gasteiger partial charge on any atom is -0.380 e.